The number of amides is 2. The summed E-state index contributed by atoms with van der Waals surface area (Å²) >= 11 is 0. The van der Waals surface area contributed by atoms with Crippen molar-refractivity contribution in [3.05, 3.63) is 11.4 Å². The number of likely N-dealkylation sites (tertiary alicyclic amines) is 1. The summed E-state index contributed by atoms with van der Waals surface area (Å²) in [6.07, 6.45) is 2.19. The number of carbonyl (C=O) groups excluding carboxylic acids is 2. The second-order valence-corrected chi connectivity index (χ2v) is 4.81. The Kier molecular flexibility index (Phi) is 3.73. The van der Waals surface area contributed by atoms with E-state index >= 15 is 0 Å². The minimum absolute atomic E-state index is 0.237. The van der Waals surface area contributed by atoms with E-state index in [-0.39, 0.29) is 23.4 Å². The number of H-pyrrole nitrogens is 1. The maximum absolute atomic E-state index is 12.3. The van der Waals surface area contributed by atoms with Gasteiger partial charge in [0.2, 0.25) is 5.91 Å². The average molecular weight is 265 g/mol. The van der Waals surface area contributed by atoms with E-state index in [4.69, 9.17) is 11.5 Å². The van der Waals surface area contributed by atoms with Crippen LogP contribution in [0.25, 0.3) is 0 Å². The topological polar surface area (TPSA) is 118 Å². The standard InChI is InChI=1S/C12H19N5O2/c1-2-8-9(13)10(16-15-8)12(19)17-5-3-4-7(6-17)11(14)18/h7H,2-6,13H2,1H3,(H2,14,18)(H,15,16). The van der Waals surface area contributed by atoms with Crippen molar-refractivity contribution in [3.63, 3.8) is 0 Å². The highest BCUT2D eigenvalue weighted by Crippen LogP contribution is 2.21. The number of rotatable bonds is 3. The predicted molar refractivity (Wildman–Crippen MR) is 70.2 cm³/mol. The molecule has 0 saturated carbocycles. The maximum atomic E-state index is 12.3. The number of nitrogen functional groups attached to an aromatic ring is 1. The van der Waals surface area contributed by atoms with E-state index in [2.05, 4.69) is 10.2 Å². The Balaban J connectivity index is 2.14. The molecule has 1 aromatic heterocycles. The van der Waals surface area contributed by atoms with Crippen molar-refractivity contribution in [1.82, 2.24) is 15.1 Å². The first kappa shape index (κ1) is 13.4. The van der Waals surface area contributed by atoms with Crippen molar-refractivity contribution in [2.45, 2.75) is 26.2 Å². The van der Waals surface area contributed by atoms with Crippen LogP contribution in [-0.2, 0) is 11.2 Å². The average Bonchev–Trinajstić information content (AvgIpc) is 2.79. The Bertz CT molecular complexity index is 496. The van der Waals surface area contributed by atoms with Crippen LogP contribution in [0.4, 0.5) is 5.69 Å². The zero-order valence-corrected chi connectivity index (χ0v) is 11.0. The van der Waals surface area contributed by atoms with E-state index in [9.17, 15) is 9.59 Å². The molecule has 1 atom stereocenters. The summed E-state index contributed by atoms with van der Waals surface area (Å²) in [5.74, 6) is -0.871. The quantitative estimate of drug-likeness (QED) is 0.706. The molecule has 104 valence electrons. The lowest BCUT2D eigenvalue weighted by atomic mass is 9.97. The van der Waals surface area contributed by atoms with Crippen LogP contribution in [0.3, 0.4) is 0 Å². The second kappa shape index (κ2) is 5.29. The zero-order valence-electron chi connectivity index (χ0n) is 11.0. The molecule has 7 nitrogen and oxygen atoms in total. The van der Waals surface area contributed by atoms with Crippen molar-refractivity contribution in [2.24, 2.45) is 11.7 Å². The van der Waals surface area contributed by atoms with Crippen LogP contribution in [0.1, 0.15) is 35.9 Å². The lowest BCUT2D eigenvalue weighted by Crippen LogP contribution is -2.44. The summed E-state index contributed by atoms with van der Waals surface area (Å²) in [5.41, 5.74) is 12.6. The van der Waals surface area contributed by atoms with E-state index in [1.807, 2.05) is 6.92 Å². The second-order valence-electron chi connectivity index (χ2n) is 4.81. The molecular weight excluding hydrogens is 246 g/mol. The molecule has 2 rings (SSSR count). The normalized spacial score (nSPS) is 19.4. The Morgan fingerprint density at radius 1 is 1.53 bits per heavy atom. The summed E-state index contributed by atoms with van der Waals surface area (Å²) in [6.45, 7) is 2.89. The molecule has 1 aromatic rings. The highest BCUT2D eigenvalue weighted by atomic mass is 16.2. The molecule has 1 saturated heterocycles. The van der Waals surface area contributed by atoms with Crippen molar-refractivity contribution in [2.75, 3.05) is 18.8 Å². The van der Waals surface area contributed by atoms with Gasteiger partial charge in [0, 0.05) is 13.1 Å². The largest absolute Gasteiger partial charge is 0.395 e. The number of carbonyl (C=O) groups is 2. The zero-order chi connectivity index (χ0) is 14.0. The first-order valence-electron chi connectivity index (χ1n) is 6.45. The number of nitrogens with zero attached hydrogens (tertiary/aromatic N) is 2. The minimum atomic E-state index is -0.359. The third kappa shape index (κ3) is 2.54. The Morgan fingerprint density at radius 3 is 2.84 bits per heavy atom. The molecule has 0 aliphatic carbocycles. The monoisotopic (exact) mass is 265 g/mol. The Morgan fingerprint density at radius 2 is 2.26 bits per heavy atom. The van der Waals surface area contributed by atoms with Gasteiger partial charge in [-0.1, -0.05) is 6.92 Å². The molecule has 2 heterocycles. The van der Waals surface area contributed by atoms with Crippen LogP contribution >= 0.6 is 0 Å². The lowest BCUT2D eigenvalue weighted by molar-refractivity contribution is -0.123. The minimum Gasteiger partial charge on any atom is -0.395 e. The fraction of sp³-hybridized carbons (Fsp3) is 0.583. The van der Waals surface area contributed by atoms with Crippen LogP contribution in [0.15, 0.2) is 0 Å². The summed E-state index contributed by atoms with van der Waals surface area (Å²) in [6, 6.07) is 0. The smallest absolute Gasteiger partial charge is 0.276 e. The number of anilines is 1. The number of piperidine rings is 1. The number of aromatic amines is 1. The van der Waals surface area contributed by atoms with E-state index in [0.717, 1.165) is 18.5 Å². The molecule has 7 heteroatoms. The van der Waals surface area contributed by atoms with Gasteiger partial charge in [-0.15, -0.1) is 0 Å². The summed E-state index contributed by atoms with van der Waals surface area (Å²) < 4.78 is 0. The van der Waals surface area contributed by atoms with E-state index in [1.165, 1.54) is 0 Å². The number of hydrogen-bond donors (Lipinski definition) is 3. The van der Waals surface area contributed by atoms with Crippen LogP contribution in [-0.4, -0.2) is 40.0 Å². The molecule has 19 heavy (non-hydrogen) atoms. The Labute approximate surface area is 111 Å². The summed E-state index contributed by atoms with van der Waals surface area (Å²) in [5, 5.41) is 6.74. The van der Waals surface area contributed by atoms with Gasteiger partial charge >= 0.3 is 0 Å². The number of aromatic nitrogens is 2. The molecule has 0 spiro atoms. The molecule has 1 unspecified atom stereocenters. The van der Waals surface area contributed by atoms with Crippen LogP contribution in [0.2, 0.25) is 0 Å². The fourth-order valence-corrected chi connectivity index (χ4v) is 2.36. The molecule has 0 radical (unpaired) electrons. The van der Waals surface area contributed by atoms with Gasteiger partial charge in [0.25, 0.3) is 5.91 Å². The first-order valence-corrected chi connectivity index (χ1v) is 6.45. The number of aryl methyl sites for hydroxylation is 1. The Hall–Kier alpha value is -2.05. The molecule has 1 aliphatic rings. The van der Waals surface area contributed by atoms with E-state index in [0.29, 0.717) is 25.2 Å². The van der Waals surface area contributed by atoms with Gasteiger partial charge in [-0.3, -0.25) is 14.7 Å². The molecule has 1 aliphatic heterocycles. The van der Waals surface area contributed by atoms with E-state index < -0.39 is 0 Å². The lowest BCUT2D eigenvalue weighted by Gasteiger charge is -2.30. The van der Waals surface area contributed by atoms with E-state index in [1.54, 1.807) is 4.90 Å². The molecule has 5 N–H and O–H groups in total. The van der Waals surface area contributed by atoms with Crippen molar-refractivity contribution in [3.8, 4) is 0 Å². The van der Waals surface area contributed by atoms with Gasteiger partial charge in [0.1, 0.15) is 0 Å². The molecule has 1 fully saturated rings. The molecule has 2 amide bonds. The van der Waals surface area contributed by atoms with Crippen LogP contribution < -0.4 is 11.5 Å². The summed E-state index contributed by atoms with van der Waals surface area (Å²) in [7, 11) is 0. The highest BCUT2D eigenvalue weighted by molar-refractivity contribution is 5.98. The van der Waals surface area contributed by atoms with Gasteiger partial charge < -0.3 is 16.4 Å². The van der Waals surface area contributed by atoms with Crippen molar-refractivity contribution >= 4 is 17.5 Å². The van der Waals surface area contributed by atoms with Gasteiger partial charge in [0.05, 0.1) is 17.3 Å². The first-order chi connectivity index (χ1) is 9.04. The third-order valence-electron chi connectivity index (χ3n) is 3.55. The molecule has 0 aromatic carbocycles. The number of primary amides is 1. The van der Waals surface area contributed by atoms with Gasteiger partial charge in [-0.2, -0.15) is 5.10 Å². The third-order valence-corrected chi connectivity index (χ3v) is 3.55. The molecular formula is C12H19N5O2. The van der Waals surface area contributed by atoms with Crippen molar-refractivity contribution < 1.29 is 9.59 Å². The predicted octanol–water partition coefficient (Wildman–Crippen LogP) is -0.108. The number of nitrogens with one attached hydrogen (secondary N) is 1. The molecule has 0 bridgehead atoms. The van der Waals surface area contributed by atoms with Crippen molar-refractivity contribution in [1.29, 1.82) is 0 Å². The SMILES string of the molecule is CCc1[nH]nc(C(=O)N2CCCC(C(N)=O)C2)c1N. The number of hydrogen-bond acceptors (Lipinski definition) is 4. The van der Waals surface area contributed by atoms with Crippen LogP contribution in [0, 0.1) is 5.92 Å². The summed E-state index contributed by atoms with van der Waals surface area (Å²) in [4.78, 5) is 25.1. The maximum Gasteiger partial charge on any atom is 0.276 e. The highest BCUT2D eigenvalue weighted by Gasteiger charge is 2.29. The van der Waals surface area contributed by atoms with Gasteiger partial charge in [0.15, 0.2) is 5.69 Å². The van der Waals surface area contributed by atoms with Crippen LogP contribution in [0.5, 0.6) is 0 Å². The van der Waals surface area contributed by atoms with Gasteiger partial charge in [-0.25, -0.2) is 0 Å². The van der Waals surface area contributed by atoms with Gasteiger partial charge in [-0.05, 0) is 19.3 Å². The fourth-order valence-electron chi connectivity index (χ4n) is 2.36. The number of nitrogens with two attached hydrogens (primary N) is 2.